The fourth-order valence-electron chi connectivity index (χ4n) is 2.70. The van der Waals surface area contributed by atoms with Crippen molar-refractivity contribution in [1.82, 2.24) is 10.3 Å². The summed E-state index contributed by atoms with van der Waals surface area (Å²) >= 11 is 5.61. The minimum Gasteiger partial charge on any atom is -0.382 e. The number of nitrogens with zero attached hydrogens (tertiary/aromatic N) is 1. The van der Waals surface area contributed by atoms with Gasteiger partial charge in [-0.3, -0.25) is 9.78 Å². The molecule has 1 atom stereocenters. The molecule has 0 aromatic carbocycles. The maximum Gasteiger partial charge on any atom is 0.228 e. The van der Waals surface area contributed by atoms with Gasteiger partial charge < -0.3 is 10.6 Å². The number of carbonyl (C=O) groups excluding carboxylic acids is 1. The maximum absolute atomic E-state index is 11.3. The third-order valence-electron chi connectivity index (χ3n) is 4.50. The van der Waals surface area contributed by atoms with E-state index < -0.39 is 0 Å². The molecule has 2 aliphatic rings. The highest BCUT2D eigenvalue weighted by Crippen LogP contribution is 2.35. The highest BCUT2D eigenvalue weighted by molar-refractivity contribution is 6.64. The fourth-order valence-corrected chi connectivity index (χ4v) is 2.85. The molecular formula is C17H20ClN3O. The molecule has 0 spiro atoms. The second-order valence-corrected chi connectivity index (χ2v) is 6.41. The molecule has 1 heterocycles. The molecule has 22 heavy (non-hydrogen) atoms. The van der Waals surface area contributed by atoms with Gasteiger partial charge in [-0.15, -0.1) is 0 Å². The van der Waals surface area contributed by atoms with Crippen LogP contribution < -0.4 is 10.6 Å². The first-order valence-electron chi connectivity index (χ1n) is 7.57. The standard InChI is InChI=1S/C17H20ClN3O/c1-19-17(5-6-17)11-21-15-8-14(9-20-10-15)12-3-2-4-13(7-12)16(18)22/h2-4,8-10,13,19,21H,5-7,11H2,1H3. The average molecular weight is 318 g/mol. The van der Waals surface area contributed by atoms with Crippen LogP contribution in [0.1, 0.15) is 24.8 Å². The van der Waals surface area contributed by atoms with Crippen LogP contribution in [-0.4, -0.2) is 29.4 Å². The topological polar surface area (TPSA) is 54.0 Å². The zero-order valence-corrected chi connectivity index (χ0v) is 13.4. The first kappa shape index (κ1) is 15.3. The van der Waals surface area contributed by atoms with E-state index in [0.717, 1.165) is 23.4 Å². The third kappa shape index (κ3) is 3.39. The van der Waals surface area contributed by atoms with Crippen LogP contribution in [0, 0.1) is 5.92 Å². The molecule has 2 aliphatic carbocycles. The van der Waals surface area contributed by atoms with Gasteiger partial charge in [0.2, 0.25) is 5.24 Å². The third-order valence-corrected chi connectivity index (χ3v) is 4.78. The minimum absolute atomic E-state index is 0.239. The van der Waals surface area contributed by atoms with E-state index in [9.17, 15) is 4.79 Å². The summed E-state index contributed by atoms with van der Waals surface area (Å²) in [6.07, 6.45) is 12.5. The van der Waals surface area contributed by atoms with Crippen LogP contribution in [0.4, 0.5) is 5.69 Å². The van der Waals surface area contributed by atoms with E-state index in [1.54, 1.807) is 0 Å². The van der Waals surface area contributed by atoms with Crippen LogP contribution in [0.3, 0.4) is 0 Å². The smallest absolute Gasteiger partial charge is 0.228 e. The van der Waals surface area contributed by atoms with Gasteiger partial charge in [-0.1, -0.05) is 18.2 Å². The number of nitrogens with one attached hydrogen (secondary N) is 2. The van der Waals surface area contributed by atoms with Gasteiger partial charge in [0, 0.05) is 24.5 Å². The Bertz CT molecular complexity index is 635. The van der Waals surface area contributed by atoms with E-state index in [2.05, 4.69) is 21.7 Å². The molecule has 3 rings (SSSR count). The van der Waals surface area contributed by atoms with Crippen molar-refractivity contribution in [3.05, 3.63) is 42.3 Å². The highest BCUT2D eigenvalue weighted by Gasteiger charge is 2.40. The lowest BCUT2D eigenvalue weighted by Gasteiger charge is -2.18. The summed E-state index contributed by atoms with van der Waals surface area (Å²) in [5.41, 5.74) is 3.38. The van der Waals surface area contributed by atoms with Gasteiger partial charge in [-0.05, 0) is 55.1 Å². The zero-order valence-electron chi connectivity index (χ0n) is 12.6. The van der Waals surface area contributed by atoms with E-state index in [4.69, 9.17) is 11.6 Å². The van der Waals surface area contributed by atoms with Crippen molar-refractivity contribution >= 4 is 28.1 Å². The predicted octanol–water partition coefficient (Wildman–Crippen LogP) is 2.97. The van der Waals surface area contributed by atoms with Crippen LogP contribution >= 0.6 is 11.6 Å². The molecule has 0 saturated heterocycles. The minimum atomic E-state index is -0.311. The van der Waals surface area contributed by atoms with Gasteiger partial charge >= 0.3 is 0 Å². The molecule has 1 aromatic heterocycles. The van der Waals surface area contributed by atoms with E-state index in [1.165, 1.54) is 12.8 Å². The lowest BCUT2D eigenvalue weighted by atomic mass is 9.91. The number of rotatable bonds is 6. The van der Waals surface area contributed by atoms with Crippen LogP contribution in [0.25, 0.3) is 5.57 Å². The van der Waals surface area contributed by atoms with Crippen LogP contribution in [0.5, 0.6) is 0 Å². The summed E-state index contributed by atoms with van der Waals surface area (Å²) in [7, 11) is 2.01. The molecule has 5 heteroatoms. The number of anilines is 1. The van der Waals surface area contributed by atoms with E-state index in [0.29, 0.717) is 6.42 Å². The normalized spacial score (nSPS) is 22.1. The molecule has 4 nitrogen and oxygen atoms in total. The van der Waals surface area contributed by atoms with Crippen molar-refractivity contribution in [3.8, 4) is 0 Å². The van der Waals surface area contributed by atoms with E-state index in [-0.39, 0.29) is 16.7 Å². The van der Waals surface area contributed by atoms with E-state index in [1.807, 2.05) is 37.7 Å². The molecule has 1 fully saturated rings. The Morgan fingerprint density at radius 3 is 2.95 bits per heavy atom. The molecule has 1 saturated carbocycles. The number of halogens is 1. The number of likely N-dealkylation sites (N-methyl/N-ethyl adjacent to an activating group) is 1. The number of pyridine rings is 1. The summed E-state index contributed by atoms with van der Waals surface area (Å²) in [5.74, 6) is -0.239. The van der Waals surface area contributed by atoms with Crippen molar-refractivity contribution in [3.63, 3.8) is 0 Å². The van der Waals surface area contributed by atoms with Gasteiger partial charge in [-0.25, -0.2) is 0 Å². The SMILES string of the molecule is CNC1(CNc2cncc(C3=CC=CC(C(=O)Cl)C3)c2)CC1. The van der Waals surface area contributed by atoms with Crippen molar-refractivity contribution in [2.45, 2.75) is 24.8 Å². The van der Waals surface area contributed by atoms with E-state index >= 15 is 0 Å². The molecule has 1 unspecified atom stereocenters. The molecule has 116 valence electrons. The van der Waals surface area contributed by atoms with Crippen molar-refractivity contribution < 1.29 is 4.79 Å². The van der Waals surface area contributed by atoms with Gasteiger partial charge in [0.15, 0.2) is 0 Å². The van der Waals surface area contributed by atoms with Crippen LogP contribution in [-0.2, 0) is 4.79 Å². The average Bonchev–Trinajstić information content (AvgIpc) is 3.34. The lowest BCUT2D eigenvalue weighted by molar-refractivity contribution is -0.113. The quantitative estimate of drug-likeness (QED) is 0.792. The number of hydrogen-bond donors (Lipinski definition) is 2. The largest absolute Gasteiger partial charge is 0.382 e. The first-order chi connectivity index (χ1) is 10.6. The lowest BCUT2D eigenvalue weighted by Crippen LogP contribution is -2.34. The molecule has 1 aromatic rings. The maximum atomic E-state index is 11.3. The summed E-state index contributed by atoms with van der Waals surface area (Å²) < 4.78 is 0. The Kier molecular flexibility index (Phi) is 4.32. The number of allylic oxidation sites excluding steroid dienone is 4. The van der Waals surface area contributed by atoms with Crippen molar-refractivity contribution in [2.75, 3.05) is 18.9 Å². The van der Waals surface area contributed by atoms with Gasteiger partial charge in [0.05, 0.1) is 11.6 Å². The molecular weight excluding hydrogens is 298 g/mol. The molecule has 0 aliphatic heterocycles. The summed E-state index contributed by atoms with van der Waals surface area (Å²) in [4.78, 5) is 15.7. The first-order valence-corrected chi connectivity index (χ1v) is 7.95. The number of carbonyl (C=O) groups is 1. The number of hydrogen-bond acceptors (Lipinski definition) is 4. The van der Waals surface area contributed by atoms with Crippen LogP contribution in [0.2, 0.25) is 0 Å². The van der Waals surface area contributed by atoms with Crippen LogP contribution in [0.15, 0.2) is 36.7 Å². The summed E-state index contributed by atoms with van der Waals surface area (Å²) in [6, 6.07) is 2.08. The second kappa shape index (κ2) is 6.23. The molecule has 0 radical (unpaired) electrons. The Hall–Kier alpha value is -1.65. The predicted molar refractivity (Wildman–Crippen MR) is 89.8 cm³/mol. The Balaban J connectivity index is 1.70. The fraction of sp³-hybridized carbons (Fsp3) is 0.412. The van der Waals surface area contributed by atoms with Crippen molar-refractivity contribution in [1.29, 1.82) is 0 Å². The van der Waals surface area contributed by atoms with Crippen molar-refractivity contribution in [2.24, 2.45) is 5.92 Å². The zero-order chi connectivity index (χ0) is 15.6. The highest BCUT2D eigenvalue weighted by atomic mass is 35.5. The molecule has 0 amide bonds. The molecule has 0 bridgehead atoms. The van der Waals surface area contributed by atoms with Gasteiger partial charge in [0.25, 0.3) is 0 Å². The number of aromatic nitrogens is 1. The van der Waals surface area contributed by atoms with Gasteiger partial charge in [-0.2, -0.15) is 0 Å². The molecule has 2 N–H and O–H groups in total. The van der Waals surface area contributed by atoms with Gasteiger partial charge in [0.1, 0.15) is 0 Å². The summed E-state index contributed by atoms with van der Waals surface area (Å²) in [6.45, 7) is 0.899. The second-order valence-electron chi connectivity index (χ2n) is 6.04. The summed E-state index contributed by atoms with van der Waals surface area (Å²) in [5, 5.41) is 6.50. The Labute approximate surface area is 135 Å². The monoisotopic (exact) mass is 317 g/mol. The Morgan fingerprint density at radius 2 is 2.27 bits per heavy atom. The Morgan fingerprint density at radius 1 is 1.45 bits per heavy atom.